The van der Waals surface area contributed by atoms with E-state index < -0.39 is 0 Å². The Morgan fingerprint density at radius 3 is 3.12 bits per heavy atom. The summed E-state index contributed by atoms with van der Waals surface area (Å²) in [4.78, 5) is 9.56. The predicted molar refractivity (Wildman–Crippen MR) is 75.8 cm³/mol. The van der Waals surface area contributed by atoms with Gasteiger partial charge < -0.3 is 5.32 Å². The van der Waals surface area contributed by atoms with Crippen molar-refractivity contribution in [1.82, 2.24) is 9.97 Å². The van der Waals surface area contributed by atoms with Crippen molar-refractivity contribution in [2.24, 2.45) is 0 Å². The second-order valence-electron chi connectivity index (χ2n) is 3.30. The van der Waals surface area contributed by atoms with Crippen molar-refractivity contribution in [3.05, 3.63) is 38.0 Å². The summed E-state index contributed by atoms with van der Waals surface area (Å²) in [7, 11) is 0. The van der Waals surface area contributed by atoms with Crippen molar-refractivity contribution >= 4 is 39.7 Å². The Bertz CT molecular complexity index is 470. The van der Waals surface area contributed by atoms with E-state index in [0.29, 0.717) is 0 Å². The fraction of sp³-hybridized carbons (Fsp3) is 0.273. The molecule has 5 heteroatoms. The molecule has 0 saturated carbocycles. The summed E-state index contributed by atoms with van der Waals surface area (Å²) < 4.78 is 1.05. The zero-order valence-corrected chi connectivity index (χ0v) is 11.9. The molecule has 0 amide bonds. The quantitative estimate of drug-likeness (QED) is 0.864. The Labute approximate surface area is 112 Å². The number of nitrogens with one attached hydrogen (secondary N) is 1. The van der Waals surface area contributed by atoms with Crippen LogP contribution in [0.1, 0.15) is 17.4 Å². The molecule has 2 heterocycles. The predicted octanol–water partition coefficient (Wildman–Crippen LogP) is 3.32. The summed E-state index contributed by atoms with van der Waals surface area (Å²) in [5.41, 5.74) is 1.42. The van der Waals surface area contributed by atoms with Crippen LogP contribution in [0, 0.1) is 3.57 Å². The van der Waals surface area contributed by atoms with Crippen molar-refractivity contribution in [2.45, 2.75) is 19.9 Å². The average molecular weight is 345 g/mol. The molecule has 84 valence electrons. The third-order valence-electron chi connectivity index (χ3n) is 2.30. The van der Waals surface area contributed by atoms with Crippen LogP contribution >= 0.6 is 33.9 Å². The SMILES string of the molecule is CCc1ccsc1CNc1ncncc1I. The molecule has 0 aliphatic carbocycles. The maximum Gasteiger partial charge on any atom is 0.143 e. The molecule has 16 heavy (non-hydrogen) atoms. The summed E-state index contributed by atoms with van der Waals surface area (Å²) in [5, 5.41) is 5.48. The Balaban J connectivity index is 2.05. The summed E-state index contributed by atoms with van der Waals surface area (Å²) in [6.45, 7) is 3.02. The summed E-state index contributed by atoms with van der Waals surface area (Å²) in [6.07, 6.45) is 4.46. The lowest BCUT2D eigenvalue weighted by Gasteiger charge is -2.06. The van der Waals surface area contributed by atoms with Crippen LogP contribution in [0.15, 0.2) is 24.0 Å². The monoisotopic (exact) mass is 345 g/mol. The minimum Gasteiger partial charge on any atom is -0.364 e. The Morgan fingerprint density at radius 2 is 2.38 bits per heavy atom. The number of aromatic nitrogens is 2. The van der Waals surface area contributed by atoms with E-state index in [1.807, 2.05) is 6.20 Å². The molecular weight excluding hydrogens is 333 g/mol. The molecule has 0 spiro atoms. The van der Waals surface area contributed by atoms with Crippen LogP contribution in [-0.4, -0.2) is 9.97 Å². The van der Waals surface area contributed by atoms with Gasteiger partial charge in [0.05, 0.1) is 10.1 Å². The number of nitrogens with zero attached hydrogens (tertiary/aromatic N) is 2. The molecule has 0 atom stereocenters. The summed E-state index contributed by atoms with van der Waals surface area (Å²) in [6, 6.07) is 2.19. The molecule has 2 aromatic heterocycles. The Hall–Kier alpha value is -0.690. The van der Waals surface area contributed by atoms with Gasteiger partial charge in [0.2, 0.25) is 0 Å². The van der Waals surface area contributed by atoms with E-state index in [4.69, 9.17) is 0 Å². The first-order valence-electron chi connectivity index (χ1n) is 5.06. The molecule has 2 aromatic rings. The standard InChI is InChI=1S/C11H12IN3S/c1-2-8-3-4-16-10(8)6-14-11-9(12)5-13-7-15-11/h3-5,7H,2,6H2,1H3,(H,13,14,15). The van der Waals surface area contributed by atoms with E-state index in [-0.39, 0.29) is 0 Å². The first kappa shape index (κ1) is 11.8. The lowest BCUT2D eigenvalue weighted by Crippen LogP contribution is -2.03. The molecule has 0 fully saturated rings. The van der Waals surface area contributed by atoms with Crippen molar-refractivity contribution in [3.8, 4) is 0 Å². The number of thiophene rings is 1. The highest BCUT2D eigenvalue weighted by Gasteiger charge is 2.04. The smallest absolute Gasteiger partial charge is 0.143 e. The first-order valence-corrected chi connectivity index (χ1v) is 7.01. The molecule has 0 radical (unpaired) electrons. The maximum atomic E-state index is 4.21. The number of anilines is 1. The average Bonchev–Trinajstić information content (AvgIpc) is 2.75. The van der Waals surface area contributed by atoms with Crippen LogP contribution in [0.25, 0.3) is 0 Å². The molecule has 0 unspecified atom stereocenters. The molecule has 1 N–H and O–H groups in total. The van der Waals surface area contributed by atoms with E-state index in [1.54, 1.807) is 17.7 Å². The molecular formula is C11H12IN3S. The van der Waals surface area contributed by atoms with Gasteiger partial charge in [0.1, 0.15) is 12.1 Å². The Kier molecular flexibility index (Phi) is 4.11. The van der Waals surface area contributed by atoms with Gasteiger partial charge in [-0.1, -0.05) is 6.92 Å². The van der Waals surface area contributed by atoms with Gasteiger partial charge in [-0.2, -0.15) is 0 Å². The number of aryl methyl sites for hydroxylation is 1. The zero-order chi connectivity index (χ0) is 11.4. The van der Waals surface area contributed by atoms with Crippen molar-refractivity contribution in [1.29, 1.82) is 0 Å². The van der Waals surface area contributed by atoms with Crippen LogP contribution in [0.5, 0.6) is 0 Å². The first-order chi connectivity index (χ1) is 7.81. The van der Waals surface area contributed by atoms with E-state index in [2.05, 4.69) is 56.2 Å². The molecule has 3 nitrogen and oxygen atoms in total. The van der Waals surface area contributed by atoms with E-state index in [0.717, 1.165) is 22.4 Å². The van der Waals surface area contributed by atoms with Crippen molar-refractivity contribution < 1.29 is 0 Å². The topological polar surface area (TPSA) is 37.8 Å². The molecule has 0 aliphatic heterocycles. The lowest BCUT2D eigenvalue weighted by atomic mass is 10.2. The van der Waals surface area contributed by atoms with Gasteiger partial charge in [-0.25, -0.2) is 9.97 Å². The van der Waals surface area contributed by atoms with E-state index in [1.165, 1.54) is 10.4 Å². The van der Waals surface area contributed by atoms with Gasteiger partial charge in [-0.05, 0) is 46.0 Å². The van der Waals surface area contributed by atoms with Crippen molar-refractivity contribution in [3.63, 3.8) is 0 Å². The summed E-state index contributed by atoms with van der Waals surface area (Å²) in [5.74, 6) is 0.908. The largest absolute Gasteiger partial charge is 0.364 e. The van der Waals surface area contributed by atoms with Gasteiger partial charge in [-0.15, -0.1) is 11.3 Å². The fourth-order valence-electron chi connectivity index (χ4n) is 1.44. The third-order valence-corrected chi connectivity index (χ3v) is 4.06. The molecule has 0 bridgehead atoms. The number of halogens is 1. The maximum absolute atomic E-state index is 4.21. The molecule has 0 aromatic carbocycles. The summed E-state index contributed by atoms with van der Waals surface area (Å²) >= 11 is 4.03. The second-order valence-corrected chi connectivity index (χ2v) is 5.46. The highest BCUT2D eigenvalue weighted by Crippen LogP contribution is 2.20. The normalized spacial score (nSPS) is 10.4. The number of rotatable bonds is 4. The van der Waals surface area contributed by atoms with Gasteiger partial charge in [0, 0.05) is 11.1 Å². The van der Waals surface area contributed by atoms with E-state index in [9.17, 15) is 0 Å². The van der Waals surface area contributed by atoms with Crippen LogP contribution in [-0.2, 0) is 13.0 Å². The highest BCUT2D eigenvalue weighted by molar-refractivity contribution is 14.1. The van der Waals surface area contributed by atoms with Crippen LogP contribution in [0.3, 0.4) is 0 Å². The third kappa shape index (κ3) is 2.70. The number of hydrogen-bond donors (Lipinski definition) is 1. The lowest BCUT2D eigenvalue weighted by molar-refractivity contribution is 1.05. The van der Waals surface area contributed by atoms with Gasteiger partial charge in [0.15, 0.2) is 0 Å². The van der Waals surface area contributed by atoms with Crippen LogP contribution in [0.4, 0.5) is 5.82 Å². The van der Waals surface area contributed by atoms with Gasteiger partial charge >= 0.3 is 0 Å². The fourth-order valence-corrected chi connectivity index (χ4v) is 2.85. The zero-order valence-electron chi connectivity index (χ0n) is 8.90. The number of hydrogen-bond acceptors (Lipinski definition) is 4. The Morgan fingerprint density at radius 1 is 1.50 bits per heavy atom. The van der Waals surface area contributed by atoms with Crippen LogP contribution < -0.4 is 5.32 Å². The second kappa shape index (κ2) is 5.58. The van der Waals surface area contributed by atoms with Crippen molar-refractivity contribution in [2.75, 3.05) is 5.32 Å². The molecule has 0 aliphatic rings. The molecule has 2 rings (SSSR count). The minimum atomic E-state index is 0.841. The van der Waals surface area contributed by atoms with Gasteiger partial charge in [-0.3, -0.25) is 0 Å². The van der Waals surface area contributed by atoms with Gasteiger partial charge in [0.25, 0.3) is 0 Å². The minimum absolute atomic E-state index is 0.841. The van der Waals surface area contributed by atoms with Crippen LogP contribution in [0.2, 0.25) is 0 Å². The van der Waals surface area contributed by atoms with E-state index >= 15 is 0 Å². The molecule has 0 saturated heterocycles. The highest BCUT2D eigenvalue weighted by atomic mass is 127.